The van der Waals surface area contributed by atoms with Crippen molar-refractivity contribution in [1.29, 1.82) is 0 Å². The molecule has 19 heavy (non-hydrogen) atoms. The predicted molar refractivity (Wildman–Crippen MR) is 69.1 cm³/mol. The van der Waals surface area contributed by atoms with Crippen LogP contribution >= 0.6 is 0 Å². The molecule has 2 N–H and O–H groups in total. The summed E-state index contributed by atoms with van der Waals surface area (Å²) < 4.78 is 10.9. The number of pyridine rings is 1. The van der Waals surface area contributed by atoms with Crippen LogP contribution in [-0.4, -0.2) is 22.2 Å². The third-order valence-corrected chi connectivity index (χ3v) is 3.67. The van der Waals surface area contributed by atoms with Crippen LogP contribution in [0.4, 0.5) is 5.82 Å². The Kier molecular flexibility index (Phi) is 2.94. The standard InChI is InChI=1S/C13H16N4O2/c1-18-13(6-2-3-7-13)12-16-11(19-17-12)9-4-5-10(14)15-8-9/h4-5,8H,2-3,6-7H2,1H3,(H2,14,15). The maximum atomic E-state index is 5.63. The highest BCUT2D eigenvalue weighted by Gasteiger charge is 2.40. The summed E-state index contributed by atoms with van der Waals surface area (Å²) in [6.45, 7) is 0. The fraction of sp³-hybridized carbons (Fsp3) is 0.462. The number of aromatic nitrogens is 3. The van der Waals surface area contributed by atoms with Crippen LogP contribution in [0.1, 0.15) is 31.5 Å². The lowest BCUT2D eigenvalue weighted by Gasteiger charge is -2.22. The smallest absolute Gasteiger partial charge is 0.259 e. The second-order valence-corrected chi connectivity index (χ2v) is 4.80. The normalized spacial score (nSPS) is 17.7. The minimum atomic E-state index is -0.386. The van der Waals surface area contributed by atoms with Gasteiger partial charge >= 0.3 is 0 Å². The van der Waals surface area contributed by atoms with Gasteiger partial charge in [0.2, 0.25) is 5.82 Å². The number of rotatable bonds is 3. The Bertz CT molecular complexity index is 558. The molecule has 2 aromatic heterocycles. The summed E-state index contributed by atoms with van der Waals surface area (Å²) in [6.07, 6.45) is 5.74. The van der Waals surface area contributed by atoms with Crippen molar-refractivity contribution in [2.24, 2.45) is 0 Å². The molecule has 0 radical (unpaired) electrons. The Balaban J connectivity index is 1.92. The summed E-state index contributed by atoms with van der Waals surface area (Å²) in [6, 6.07) is 3.52. The Hall–Kier alpha value is -1.95. The molecule has 1 aliphatic carbocycles. The minimum Gasteiger partial charge on any atom is -0.384 e. The zero-order valence-corrected chi connectivity index (χ0v) is 10.8. The molecule has 6 nitrogen and oxygen atoms in total. The number of ether oxygens (including phenoxy) is 1. The zero-order chi connectivity index (χ0) is 13.3. The molecule has 2 heterocycles. The van der Waals surface area contributed by atoms with Crippen LogP contribution in [0.15, 0.2) is 22.9 Å². The van der Waals surface area contributed by atoms with Crippen LogP contribution in [0.25, 0.3) is 11.5 Å². The third kappa shape index (κ3) is 2.08. The highest BCUT2D eigenvalue weighted by atomic mass is 16.5. The third-order valence-electron chi connectivity index (χ3n) is 3.67. The van der Waals surface area contributed by atoms with E-state index in [2.05, 4.69) is 15.1 Å². The van der Waals surface area contributed by atoms with E-state index in [0.29, 0.717) is 17.5 Å². The van der Waals surface area contributed by atoms with Crippen molar-refractivity contribution in [2.75, 3.05) is 12.8 Å². The first kappa shape index (κ1) is 12.1. The van der Waals surface area contributed by atoms with Gasteiger partial charge in [0, 0.05) is 13.3 Å². The van der Waals surface area contributed by atoms with Crippen molar-refractivity contribution < 1.29 is 9.26 Å². The van der Waals surface area contributed by atoms with Gasteiger partial charge in [-0.25, -0.2) is 4.98 Å². The molecule has 1 aliphatic rings. The summed E-state index contributed by atoms with van der Waals surface area (Å²) in [4.78, 5) is 8.47. The van der Waals surface area contributed by atoms with Crippen molar-refractivity contribution >= 4 is 5.82 Å². The van der Waals surface area contributed by atoms with Crippen LogP contribution in [0.2, 0.25) is 0 Å². The van der Waals surface area contributed by atoms with Crippen molar-refractivity contribution in [3.05, 3.63) is 24.2 Å². The highest BCUT2D eigenvalue weighted by Crippen LogP contribution is 2.40. The maximum Gasteiger partial charge on any atom is 0.259 e. The zero-order valence-electron chi connectivity index (χ0n) is 10.8. The summed E-state index contributed by atoms with van der Waals surface area (Å²) in [7, 11) is 1.70. The average molecular weight is 260 g/mol. The molecule has 0 unspecified atom stereocenters. The first-order valence-corrected chi connectivity index (χ1v) is 6.35. The van der Waals surface area contributed by atoms with Gasteiger partial charge in [0.15, 0.2) is 0 Å². The Morgan fingerprint density at radius 2 is 2.11 bits per heavy atom. The van der Waals surface area contributed by atoms with Gasteiger partial charge < -0.3 is 15.0 Å². The van der Waals surface area contributed by atoms with Gasteiger partial charge in [0.05, 0.1) is 5.56 Å². The summed E-state index contributed by atoms with van der Waals surface area (Å²) in [5.41, 5.74) is 5.93. The molecule has 1 saturated carbocycles. The summed E-state index contributed by atoms with van der Waals surface area (Å²) in [5.74, 6) is 1.54. The first-order valence-electron chi connectivity index (χ1n) is 6.35. The van der Waals surface area contributed by atoms with Gasteiger partial charge in [-0.2, -0.15) is 4.98 Å². The molecule has 0 amide bonds. The Labute approximate surface area is 111 Å². The average Bonchev–Trinajstić information content (AvgIpc) is 3.09. The van der Waals surface area contributed by atoms with E-state index in [0.717, 1.165) is 31.2 Å². The summed E-state index contributed by atoms with van der Waals surface area (Å²) in [5, 5.41) is 4.07. The molecule has 100 valence electrons. The van der Waals surface area contributed by atoms with Crippen LogP contribution < -0.4 is 5.73 Å². The van der Waals surface area contributed by atoms with E-state index in [1.807, 2.05) is 6.07 Å². The fourth-order valence-electron chi connectivity index (χ4n) is 2.52. The number of methoxy groups -OCH3 is 1. The Morgan fingerprint density at radius 1 is 1.32 bits per heavy atom. The van der Waals surface area contributed by atoms with E-state index >= 15 is 0 Å². The largest absolute Gasteiger partial charge is 0.384 e. The highest BCUT2D eigenvalue weighted by molar-refractivity contribution is 5.53. The van der Waals surface area contributed by atoms with Gasteiger partial charge in [-0.1, -0.05) is 5.16 Å². The number of anilines is 1. The van der Waals surface area contributed by atoms with Crippen LogP contribution in [0, 0.1) is 0 Å². The molecule has 2 aromatic rings. The quantitative estimate of drug-likeness (QED) is 0.909. The maximum absolute atomic E-state index is 5.63. The van der Waals surface area contributed by atoms with Gasteiger partial charge in [-0.15, -0.1) is 0 Å². The van der Waals surface area contributed by atoms with Crippen molar-refractivity contribution in [3.63, 3.8) is 0 Å². The Morgan fingerprint density at radius 3 is 2.74 bits per heavy atom. The topological polar surface area (TPSA) is 87.1 Å². The molecular weight excluding hydrogens is 244 g/mol. The lowest BCUT2D eigenvalue weighted by atomic mass is 10.0. The van der Waals surface area contributed by atoms with Gasteiger partial charge in [0.1, 0.15) is 11.4 Å². The molecule has 0 aliphatic heterocycles. The second kappa shape index (κ2) is 4.62. The molecular formula is C13H16N4O2. The number of nitrogen functional groups attached to an aromatic ring is 1. The van der Waals surface area contributed by atoms with E-state index in [9.17, 15) is 0 Å². The van der Waals surface area contributed by atoms with E-state index in [4.69, 9.17) is 15.0 Å². The molecule has 3 rings (SSSR count). The number of nitrogens with zero attached hydrogens (tertiary/aromatic N) is 3. The first-order chi connectivity index (χ1) is 9.23. The van der Waals surface area contributed by atoms with Crippen LogP contribution in [0.5, 0.6) is 0 Å². The molecule has 0 saturated heterocycles. The predicted octanol–water partition coefficient (Wildman–Crippen LogP) is 2.13. The number of hydrogen-bond acceptors (Lipinski definition) is 6. The SMILES string of the molecule is COC1(c2noc(-c3ccc(N)nc3)n2)CCCC1. The van der Waals surface area contributed by atoms with Crippen molar-refractivity contribution in [1.82, 2.24) is 15.1 Å². The molecule has 6 heteroatoms. The second-order valence-electron chi connectivity index (χ2n) is 4.80. The molecule has 1 fully saturated rings. The molecule has 0 bridgehead atoms. The van der Waals surface area contributed by atoms with E-state index in [1.165, 1.54) is 0 Å². The van der Waals surface area contributed by atoms with E-state index < -0.39 is 0 Å². The van der Waals surface area contributed by atoms with E-state index in [1.54, 1.807) is 19.4 Å². The molecule has 0 atom stereocenters. The monoisotopic (exact) mass is 260 g/mol. The lowest BCUT2D eigenvalue weighted by Crippen LogP contribution is -2.25. The fourth-order valence-corrected chi connectivity index (χ4v) is 2.52. The number of hydrogen-bond donors (Lipinski definition) is 1. The van der Waals surface area contributed by atoms with Crippen LogP contribution in [-0.2, 0) is 10.3 Å². The van der Waals surface area contributed by atoms with Crippen molar-refractivity contribution in [3.8, 4) is 11.5 Å². The van der Waals surface area contributed by atoms with Crippen molar-refractivity contribution in [2.45, 2.75) is 31.3 Å². The van der Waals surface area contributed by atoms with Gasteiger partial charge in [-0.3, -0.25) is 0 Å². The van der Waals surface area contributed by atoms with Gasteiger partial charge in [0.25, 0.3) is 5.89 Å². The summed E-state index contributed by atoms with van der Waals surface area (Å²) >= 11 is 0. The molecule has 0 aromatic carbocycles. The van der Waals surface area contributed by atoms with E-state index in [-0.39, 0.29) is 5.60 Å². The van der Waals surface area contributed by atoms with Gasteiger partial charge in [-0.05, 0) is 37.8 Å². The van der Waals surface area contributed by atoms with Crippen LogP contribution in [0.3, 0.4) is 0 Å². The lowest BCUT2D eigenvalue weighted by molar-refractivity contribution is -0.0178. The number of nitrogens with two attached hydrogens (primary N) is 1. The molecule has 0 spiro atoms. The minimum absolute atomic E-state index is 0.386.